The first kappa shape index (κ1) is 33.6. The Morgan fingerprint density at radius 1 is 0.293 bits per heavy atom. The molecule has 0 amide bonds. The van der Waals surface area contributed by atoms with Gasteiger partial charge in [-0.15, -0.1) is 0 Å². The maximum absolute atomic E-state index is 6.49. The molecular weight excluding hydrogens is 703 g/mol. The molecule has 0 bridgehead atoms. The van der Waals surface area contributed by atoms with E-state index in [0.717, 1.165) is 50.1 Å². The molecule has 0 saturated carbocycles. The minimum Gasteiger partial charge on any atom is -0.456 e. The van der Waals surface area contributed by atoms with Gasteiger partial charge < -0.3 is 9.32 Å². The number of fused-ring (bicyclic) bond motifs is 6. The van der Waals surface area contributed by atoms with Gasteiger partial charge in [0, 0.05) is 16.6 Å². The van der Waals surface area contributed by atoms with Crippen LogP contribution >= 0.6 is 0 Å². The molecule has 2 heteroatoms. The van der Waals surface area contributed by atoms with Crippen LogP contribution in [-0.2, 0) is 0 Å². The molecule has 0 unspecified atom stereocenters. The lowest BCUT2D eigenvalue weighted by Crippen LogP contribution is -2.11. The van der Waals surface area contributed by atoms with E-state index in [4.69, 9.17) is 4.42 Å². The molecule has 0 aliphatic rings. The van der Waals surface area contributed by atoms with Gasteiger partial charge in [-0.25, -0.2) is 0 Å². The van der Waals surface area contributed by atoms with Crippen molar-refractivity contribution in [1.82, 2.24) is 0 Å². The Hall–Kier alpha value is -7.68. The predicted octanol–water partition coefficient (Wildman–Crippen LogP) is 16.0. The van der Waals surface area contributed by atoms with Crippen molar-refractivity contribution in [2.24, 2.45) is 0 Å². The number of para-hydroxylation sites is 2. The molecule has 0 N–H and O–H groups in total. The molecule has 272 valence electrons. The van der Waals surface area contributed by atoms with Crippen LogP contribution in [0.4, 0.5) is 17.1 Å². The van der Waals surface area contributed by atoms with E-state index in [1.54, 1.807) is 0 Å². The third-order valence-corrected chi connectivity index (χ3v) is 11.5. The average molecular weight is 740 g/mol. The molecule has 0 radical (unpaired) electrons. The number of hydrogen-bond donors (Lipinski definition) is 0. The Kier molecular flexibility index (Phi) is 8.19. The van der Waals surface area contributed by atoms with Crippen molar-refractivity contribution in [1.29, 1.82) is 0 Å². The number of furan rings is 1. The van der Waals surface area contributed by atoms with E-state index in [0.29, 0.717) is 0 Å². The van der Waals surface area contributed by atoms with Crippen LogP contribution in [-0.4, -0.2) is 0 Å². The highest BCUT2D eigenvalue weighted by Gasteiger charge is 2.23. The summed E-state index contributed by atoms with van der Waals surface area (Å²) in [6.45, 7) is 0. The third-order valence-electron chi connectivity index (χ3n) is 11.5. The van der Waals surface area contributed by atoms with E-state index >= 15 is 0 Å². The second-order valence-corrected chi connectivity index (χ2v) is 14.8. The van der Waals surface area contributed by atoms with Gasteiger partial charge >= 0.3 is 0 Å². The van der Waals surface area contributed by atoms with Crippen molar-refractivity contribution in [2.75, 3.05) is 4.90 Å². The lowest BCUT2D eigenvalue weighted by atomic mass is 9.88. The Balaban J connectivity index is 1.13. The molecule has 0 fully saturated rings. The van der Waals surface area contributed by atoms with Crippen LogP contribution in [0.25, 0.3) is 88.0 Å². The van der Waals surface area contributed by atoms with Crippen LogP contribution in [0.15, 0.2) is 229 Å². The fourth-order valence-electron chi connectivity index (χ4n) is 8.87. The summed E-state index contributed by atoms with van der Waals surface area (Å²) in [6, 6.07) is 80.7. The monoisotopic (exact) mass is 739 g/mol. The molecule has 11 aromatic rings. The summed E-state index contributed by atoms with van der Waals surface area (Å²) in [5.41, 5.74) is 14.4. The molecule has 1 heterocycles. The molecule has 0 atom stereocenters. The van der Waals surface area contributed by atoms with Crippen molar-refractivity contribution in [3.8, 4) is 44.5 Å². The zero-order valence-electron chi connectivity index (χ0n) is 31.7. The molecule has 58 heavy (non-hydrogen) atoms. The fraction of sp³-hybridized carbons (Fsp3) is 0. The van der Waals surface area contributed by atoms with Crippen molar-refractivity contribution in [3.63, 3.8) is 0 Å². The second-order valence-electron chi connectivity index (χ2n) is 14.8. The van der Waals surface area contributed by atoms with E-state index in [-0.39, 0.29) is 0 Å². The van der Waals surface area contributed by atoms with Gasteiger partial charge in [-0.1, -0.05) is 182 Å². The van der Waals surface area contributed by atoms with Crippen molar-refractivity contribution in [2.45, 2.75) is 0 Å². The summed E-state index contributed by atoms with van der Waals surface area (Å²) in [7, 11) is 0. The topological polar surface area (TPSA) is 16.4 Å². The summed E-state index contributed by atoms with van der Waals surface area (Å²) in [5, 5.41) is 7.20. The Labute approximate surface area is 337 Å². The van der Waals surface area contributed by atoms with Crippen molar-refractivity contribution >= 4 is 60.5 Å². The van der Waals surface area contributed by atoms with Crippen LogP contribution in [0.3, 0.4) is 0 Å². The van der Waals surface area contributed by atoms with Crippen molar-refractivity contribution in [3.05, 3.63) is 224 Å². The van der Waals surface area contributed by atoms with Crippen molar-refractivity contribution < 1.29 is 4.42 Å². The SMILES string of the molecule is c1ccc(-c2ccccc2-c2ccccc2-c2ccccc2N(c2ccc(-c3cc4ccccc4c4ccccc34)cc2)c2cccc3oc4ccccc4c23)cc1. The fourth-order valence-corrected chi connectivity index (χ4v) is 8.87. The normalized spacial score (nSPS) is 11.4. The zero-order chi connectivity index (χ0) is 38.4. The van der Waals surface area contributed by atoms with E-state index in [1.807, 2.05) is 6.07 Å². The van der Waals surface area contributed by atoms with Gasteiger partial charge in [-0.3, -0.25) is 0 Å². The van der Waals surface area contributed by atoms with Gasteiger partial charge in [0.25, 0.3) is 0 Å². The Morgan fingerprint density at radius 2 is 0.810 bits per heavy atom. The molecule has 0 spiro atoms. The quantitative estimate of drug-likeness (QED) is 0.151. The lowest BCUT2D eigenvalue weighted by Gasteiger charge is -2.29. The first-order valence-corrected chi connectivity index (χ1v) is 19.8. The van der Waals surface area contributed by atoms with Gasteiger partial charge in [0.05, 0.1) is 16.8 Å². The summed E-state index contributed by atoms with van der Waals surface area (Å²) >= 11 is 0. The minimum atomic E-state index is 0.859. The third kappa shape index (κ3) is 5.66. The summed E-state index contributed by atoms with van der Waals surface area (Å²) in [4.78, 5) is 2.42. The highest BCUT2D eigenvalue weighted by Crippen LogP contribution is 2.48. The molecule has 10 aromatic carbocycles. The van der Waals surface area contributed by atoms with E-state index in [1.165, 1.54) is 54.9 Å². The average Bonchev–Trinajstić information content (AvgIpc) is 3.69. The standard InChI is InChI=1S/C56H37NO/c1-2-17-38(18-3-1)42-20-6-7-22-44(42)46-24-9-10-25-47(46)49-27-12-14-29-52(49)57(53-30-16-32-55-56(53)50-28-13-15-31-54(50)58-55)41-35-33-39(34-36-41)51-37-40-19-4-5-21-43(40)45-23-8-11-26-48(45)51/h1-37H. The first-order valence-electron chi connectivity index (χ1n) is 19.8. The molecule has 0 saturated heterocycles. The van der Waals surface area contributed by atoms with Gasteiger partial charge in [-0.2, -0.15) is 0 Å². The van der Waals surface area contributed by atoms with E-state index < -0.39 is 0 Å². The molecule has 1 aromatic heterocycles. The zero-order valence-corrected chi connectivity index (χ0v) is 31.7. The Bertz CT molecular complexity index is 3290. The van der Waals surface area contributed by atoms with Crippen LogP contribution in [0.2, 0.25) is 0 Å². The summed E-state index contributed by atoms with van der Waals surface area (Å²) in [5.74, 6) is 0. The van der Waals surface area contributed by atoms with E-state index in [2.05, 4.69) is 223 Å². The van der Waals surface area contributed by atoms with Gasteiger partial charge in [0.15, 0.2) is 0 Å². The molecule has 0 aliphatic heterocycles. The molecule has 11 rings (SSSR count). The van der Waals surface area contributed by atoms with Crippen LogP contribution < -0.4 is 4.90 Å². The van der Waals surface area contributed by atoms with E-state index in [9.17, 15) is 0 Å². The number of benzene rings is 10. The predicted molar refractivity (Wildman–Crippen MR) is 245 cm³/mol. The van der Waals surface area contributed by atoms with Crippen LogP contribution in [0.1, 0.15) is 0 Å². The highest BCUT2D eigenvalue weighted by atomic mass is 16.3. The largest absolute Gasteiger partial charge is 0.456 e. The number of anilines is 3. The first-order chi connectivity index (χ1) is 28.8. The minimum absolute atomic E-state index is 0.859. The van der Waals surface area contributed by atoms with Crippen LogP contribution in [0, 0.1) is 0 Å². The molecule has 0 aliphatic carbocycles. The second kappa shape index (κ2) is 14.1. The number of rotatable bonds is 7. The maximum Gasteiger partial charge on any atom is 0.137 e. The smallest absolute Gasteiger partial charge is 0.137 e. The number of hydrogen-bond acceptors (Lipinski definition) is 2. The maximum atomic E-state index is 6.49. The highest BCUT2D eigenvalue weighted by molar-refractivity contribution is 6.15. The van der Waals surface area contributed by atoms with Crippen LogP contribution in [0.5, 0.6) is 0 Å². The van der Waals surface area contributed by atoms with Gasteiger partial charge in [0.2, 0.25) is 0 Å². The number of nitrogens with zero attached hydrogens (tertiary/aromatic N) is 1. The Morgan fingerprint density at radius 3 is 1.59 bits per heavy atom. The van der Waals surface area contributed by atoms with Gasteiger partial charge in [-0.05, 0) is 103 Å². The van der Waals surface area contributed by atoms with Gasteiger partial charge in [0.1, 0.15) is 11.2 Å². The molecule has 2 nitrogen and oxygen atoms in total. The summed E-state index contributed by atoms with van der Waals surface area (Å²) < 4.78 is 6.49. The summed E-state index contributed by atoms with van der Waals surface area (Å²) in [6.07, 6.45) is 0. The lowest BCUT2D eigenvalue weighted by molar-refractivity contribution is 0.669. The molecular formula is C56H37NO.